The number of benzene rings is 2. The normalized spacial score (nSPS) is 10.6. The number of hydrogen-bond donors (Lipinski definition) is 3. The van der Waals surface area contributed by atoms with Crippen LogP contribution in [0.1, 0.15) is 17.3 Å². The maximum atomic E-state index is 12.4. The van der Waals surface area contributed by atoms with Crippen LogP contribution in [0.3, 0.4) is 0 Å². The predicted molar refractivity (Wildman–Crippen MR) is 116 cm³/mol. The Morgan fingerprint density at radius 3 is 2.41 bits per heavy atom. The van der Waals surface area contributed by atoms with Gasteiger partial charge in [-0.05, 0) is 42.3 Å². The fourth-order valence-corrected chi connectivity index (χ4v) is 3.51. The van der Waals surface area contributed by atoms with Gasteiger partial charge in [0.1, 0.15) is 5.88 Å². The Kier molecular flexibility index (Phi) is 11.0. The van der Waals surface area contributed by atoms with Gasteiger partial charge in [0.25, 0.3) is 10.1 Å². The second-order valence-electron chi connectivity index (χ2n) is 6.61. The zero-order valence-corrected chi connectivity index (χ0v) is 21.0. The SMILES string of the molecule is COc1ccc(CCNC(=O)CN(CS(=O)(=O)O)c2cccc(C(N)=O)c2)cc1OC.[H-].[Na+]. The van der Waals surface area contributed by atoms with Crippen molar-refractivity contribution in [3.05, 3.63) is 53.6 Å². The number of nitrogens with two attached hydrogens (primary N) is 1. The van der Waals surface area contributed by atoms with Crippen LogP contribution >= 0.6 is 0 Å². The fraction of sp³-hybridized carbons (Fsp3) is 0.300. The van der Waals surface area contributed by atoms with Crippen molar-refractivity contribution < 1.29 is 63.0 Å². The van der Waals surface area contributed by atoms with E-state index in [1.807, 2.05) is 6.07 Å². The van der Waals surface area contributed by atoms with E-state index in [4.69, 9.17) is 15.2 Å². The Morgan fingerprint density at radius 2 is 1.81 bits per heavy atom. The molecule has 2 amide bonds. The fourth-order valence-electron chi connectivity index (χ4n) is 2.88. The molecule has 2 aromatic rings. The Morgan fingerprint density at radius 1 is 1.12 bits per heavy atom. The van der Waals surface area contributed by atoms with Crippen molar-refractivity contribution in [3.63, 3.8) is 0 Å². The molecule has 0 bridgehead atoms. The second kappa shape index (κ2) is 12.7. The number of primary amides is 1. The Bertz CT molecular complexity index is 1050. The number of amides is 2. The van der Waals surface area contributed by atoms with E-state index < -0.39 is 27.8 Å². The first-order valence-electron chi connectivity index (χ1n) is 9.20. The first-order chi connectivity index (χ1) is 14.6. The van der Waals surface area contributed by atoms with Crippen LogP contribution in [0, 0.1) is 0 Å². The molecular formula is C20H26N3NaO7S. The molecule has 10 nitrogen and oxygen atoms in total. The minimum absolute atomic E-state index is 0. The molecule has 0 aliphatic carbocycles. The quantitative estimate of drug-likeness (QED) is 0.248. The molecule has 0 unspecified atom stereocenters. The molecule has 0 saturated heterocycles. The van der Waals surface area contributed by atoms with Crippen LogP contribution in [0.5, 0.6) is 11.5 Å². The van der Waals surface area contributed by atoms with E-state index in [0.29, 0.717) is 17.9 Å². The van der Waals surface area contributed by atoms with Crippen LogP contribution < -0.4 is 55.0 Å². The smallest absolute Gasteiger partial charge is 1.00 e. The van der Waals surface area contributed by atoms with Crippen LogP contribution in [0.25, 0.3) is 0 Å². The number of carbonyl (C=O) groups is 2. The number of carbonyl (C=O) groups excluding carboxylic acids is 2. The van der Waals surface area contributed by atoms with E-state index in [1.54, 1.807) is 12.1 Å². The van der Waals surface area contributed by atoms with E-state index in [1.165, 1.54) is 38.5 Å². The number of hydrogen-bond acceptors (Lipinski definition) is 7. The van der Waals surface area contributed by atoms with Crippen LogP contribution in [0.15, 0.2) is 42.5 Å². The van der Waals surface area contributed by atoms with Crippen molar-refractivity contribution in [3.8, 4) is 11.5 Å². The number of methoxy groups -OCH3 is 2. The van der Waals surface area contributed by atoms with Gasteiger partial charge >= 0.3 is 29.6 Å². The minimum Gasteiger partial charge on any atom is -1.00 e. The molecule has 0 heterocycles. The molecule has 170 valence electrons. The first kappa shape index (κ1) is 27.7. The van der Waals surface area contributed by atoms with Crippen molar-refractivity contribution in [1.82, 2.24) is 5.32 Å². The van der Waals surface area contributed by atoms with Gasteiger partial charge in [-0.15, -0.1) is 0 Å². The van der Waals surface area contributed by atoms with E-state index in [2.05, 4.69) is 5.32 Å². The van der Waals surface area contributed by atoms with E-state index >= 15 is 0 Å². The van der Waals surface area contributed by atoms with Gasteiger partial charge in [-0.1, -0.05) is 12.1 Å². The molecule has 2 aromatic carbocycles. The zero-order valence-electron chi connectivity index (χ0n) is 19.2. The molecule has 2 rings (SSSR count). The van der Waals surface area contributed by atoms with Crippen molar-refractivity contribution in [2.45, 2.75) is 6.42 Å². The van der Waals surface area contributed by atoms with Gasteiger partial charge in [-0.3, -0.25) is 14.1 Å². The van der Waals surface area contributed by atoms with Gasteiger partial charge in [0.05, 0.1) is 20.8 Å². The summed E-state index contributed by atoms with van der Waals surface area (Å²) in [5.74, 6) is -0.825. The van der Waals surface area contributed by atoms with Crippen molar-refractivity contribution >= 4 is 27.6 Å². The number of nitrogens with zero attached hydrogens (tertiary/aromatic N) is 1. The molecule has 4 N–H and O–H groups in total. The summed E-state index contributed by atoms with van der Waals surface area (Å²) in [6, 6.07) is 11.2. The number of anilines is 1. The van der Waals surface area contributed by atoms with Crippen LogP contribution in [0.2, 0.25) is 0 Å². The molecule has 12 heteroatoms. The minimum atomic E-state index is -4.42. The number of rotatable bonds is 11. The van der Waals surface area contributed by atoms with Crippen molar-refractivity contribution in [1.29, 1.82) is 0 Å². The molecule has 0 radical (unpaired) electrons. The van der Waals surface area contributed by atoms with E-state index in [0.717, 1.165) is 10.5 Å². The van der Waals surface area contributed by atoms with Gasteiger partial charge in [0, 0.05) is 17.8 Å². The molecule has 0 spiro atoms. The zero-order chi connectivity index (χ0) is 23.0. The van der Waals surface area contributed by atoms with Gasteiger partial charge in [-0.25, -0.2) is 0 Å². The largest absolute Gasteiger partial charge is 1.00 e. The number of nitrogens with one attached hydrogen (secondary N) is 1. The second-order valence-corrected chi connectivity index (χ2v) is 8.03. The third kappa shape index (κ3) is 8.67. The predicted octanol–water partition coefficient (Wildman–Crippen LogP) is -2.07. The third-order valence-electron chi connectivity index (χ3n) is 4.33. The van der Waals surface area contributed by atoms with Gasteiger partial charge in [0.15, 0.2) is 11.5 Å². The van der Waals surface area contributed by atoms with Crippen LogP contribution in [0.4, 0.5) is 5.69 Å². The summed E-state index contributed by atoms with van der Waals surface area (Å²) in [7, 11) is -1.36. The van der Waals surface area contributed by atoms with Crippen LogP contribution in [-0.2, 0) is 21.3 Å². The molecule has 0 fully saturated rings. The standard InChI is InChI=1S/C20H25N3O7S.Na.H/c1-29-17-7-6-14(10-18(17)30-2)8-9-22-19(24)12-23(13-31(26,27)28)16-5-3-4-15(11-16)20(21)25;;/h3-7,10-11H,8-9,12-13H2,1-2H3,(H2,21,25)(H,22,24)(H,26,27,28);;/q;+1;-1. The molecule has 0 saturated carbocycles. The Labute approximate surface area is 210 Å². The van der Waals surface area contributed by atoms with E-state index in [-0.39, 0.29) is 55.3 Å². The number of ether oxygens (including phenoxy) is 2. The summed E-state index contributed by atoms with van der Waals surface area (Å²) in [5.41, 5.74) is 6.55. The van der Waals surface area contributed by atoms with Crippen molar-refractivity contribution in [2.24, 2.45) is 5.73 Å². The van der Waals surface area contributed by atoms with Gasteiger partial charge < -0.3 is 26.9 Å². The van der Waals surface area contributed by atoms with Gasteiger partial charge in [-0.2, -0.15) is 8.42 Å². The van der Waals surface area contributed by atoms with Gasteiger partial charge in [0.2, 0.25) is 11.8 Å². The molecule has 0 aliphatic heterocycles. The average molecular weight is 475 g/mol. The van der Waals surface area contributed by atoms with E-state index in [9.17, 15) is 22.6 Å². The maximum absolute atomic E-state index is 12.4. The molecule has 0 atom stereocenters. The first-order valence-corrected chi connectivity index (χ1v) is 10.8. The molecule has 32 heavy (non-hydrogen) atoms. The summed E-state index contributed by atoms with van der Waals surface area (Å²) >= 11 is 0. The summed E-state index contributed by atoms with van der Waals surface area (Å²) in [6.45, 7) is -0.0662. The third-order valence-corrected chi connectivity index (χ3v) is 4.97. The molecule has 0 aromatic heterocycles. The summed E-state index contributed by atoms with van der Waals surface area (Å²) in [4.78, 5) is 24.9. The summed E-state index contributed by atoms with van der Waals surface area (Å²) < 4.78 is 42.5. The average Bonchev–Trinajstić information content (AvgIpc) is 2.72. The topological polar surface area (TPSA) is 148 Å². The molecular weight excluding hydrogens is 449 g/mol. The maximum Gasteiger partial charge on any atom is 1.00 e. The Balaban J connectivity index is 0.00000512. The summed E-state index contributed by atoms with van der Waals surface area (Å²) in [6.07, 6.45) is 0.502. The monoisotopic (exact) mass is 475 g/mol. The van der Waals surface area contributed by atoms with Crippen molar-refractivity contribution in [2.75, 3.05) is 38.1 Å². The molecule has 0 aliphatic rings. The summed E-state index contributed by atoms with van der Waals surface area (Å²) in [5, 5.41) is 2.70. The Hall–Kier alpha value is -2.31. The van der Waals surface area contributed by atoms with Crippen LogP contribution in [-0.4, -0.2) is 58.0 Å².